The van der Waals surface area contributed by atoms with Crippen LogP contribution in [-0.2, 0) is 9.53 Å². The number of ether oxygens (including phenoxy) is 1. The Labute approximate surface area is 79.2 Å². The summed E-state index contributed by atoms with van der Waals surface area (Å²) in [7, 11) is 0. The molecule has 1 heterocycles. The molecule has 1 saturated heterocycles. The highest BCUT2D eigenvalue weighted by molar-refractivity contribution is 5.73. The van der Waals surface area contributed by atoms with Crippen LogP contribution in [0.2, 0.25) is 0 Å². The van der Waals surface area contributed by atoms with Gasteiger partial charge in [0.2, 0.25) is 0 Å². The van der Waals surface area contributed by atoms with Crippen LogP contribution in [0.5, 0.6) is 0 Å². The molecule has 14 heavy (non-hydrogen) atoms. The minimum atomic E-state index is -1.76. The molecule has 0 aromatic heterocycles. The summed E-state index contributed by atoms with van der Waals surface area (Å²) in [6, 6.07) is 0. The number of aliphatic hydroxyl groups excluding tert-OH is 4. The largest absolute Gasteiger partial charge is 0.479 e. The molecule has 0 aromatic rings. The third-order valence-corrected chi connectivity index (χ3v) is 2.21. The zero-order chi connectivity index (χ0) is 10.9. The van der Waals surface area contributed by atoms with Crippen molar-refractivity contribution < 1.29 is 35.1 Å². The lowest BCUT2D eigenvalue weighted by atomic mass is 9.90. The van der Waals surface area contributed by atoms with Crippen LogP contribution in [0.15, 0.2) is 0 Å². The van der Waals surface area contributed by atoms with Crippen LogP contribution < -0.4 is 0 Å². The second-order valence-electron chi connectivity index (χ2n) is 3.11. The molecule has 7 nitrogen and oxygen atoms in total. The molecule has 0 saturated carbocycles. The SMILES string of the molecule is O=C(O)C1OC(O)C(O)C(O)C1CO. The first-order valence-electron chi connectivity index (χ1n) is 4.02. The Bertz CT molecular complexity index is 218. The van der Waals surface area contributed by atoms with Crippen molar-refractivity contribution in [1.82, 2.24) is 0 Å². The van der Waals surface area contributed by atoms with E-state index in [4.69, 9.17) is 20.4 Å². The highest BCUT2D eigenvalue weighted by atomic mass is 16.6. The summed E-state index contributed by atoms with van der Waals surface area (Å²) < 4.78 is 4.52. The van der Waals surface area contributed by atoms with Gasteiger partial charge in [-0.15, -0.1) is 0 Å². The second-order valence-corrected chi connectivity index (χ2v) is 3.11. The van der Waals surface area contributed by atoms with Crippen molar-refractivity contribution in [3.8, 4) is 0 Å². The quantitative estimate of drug-likeness (QED) is 0.329. The molecule has 1 aliphatic rings. The fraction of sp³-hybridized carbons (Fsp3) is 0.857. The lowest BCUT2D eigenvalue weighted by molar-refractivity contribution is -0.271. The van der Waals surface area contributed by atoms with E-state index in [1.807, 2.05) is 0 Å². The molecule has 0 amide bonds. The molecular formula is C7H12O7. The number of carboxylic acid groups (broad SMARTS) is 1. The van der Waals surface area contributed by atoms with Crippen molar-refractivity contribution in [2.24, 2.45) is 5.92 Å². The maximum atomic E-state index is 10.6. The van der Waals surface area contributed by atoms with Crippen molar-refractivity contribution in [1.29, 1.82) is 0 Å². The monoisotopic (exact) mass is 208 g/mol. The van der Waals surface area contributed by atoms with Crippen LogP contribution >= 0.6 is 0 Å². The van der Waals surface area contributed by atoms with Crippen LogP contribution in [0.4, 0.5) is 0 Å². The van der Waals surface area contributed by atoms with E-state index in [0.717, 1.165) is 0 Å². The first-order valence-corrected chi connectivity index (χ1v) is 4.02. The Morgan fingerprint density at radius 1 is 1.21 bits per heavy atom. The van der Waals surface area contributed by atoms with Crippen molar-refractivity contribution in [2.45, 2.75) is 24.6 Å². The van der Waals surface area contributed by atoms with Crippen LogP contribution in [-0.4, -0.2) is 62.7 Å². The van der Waals surface area contributed by atoms with Crippen LogP contribution in [0.25, 0.3) is 0 Å². The normalized spacial score (nSPS) is 43.6. The molecule has 0 bridgehead atoms. The van der Waals surface area contributed by atoms with Crippen molar-refractivity contribution in [3.05, 3.63) is 0 Å². The molecule has 5 atom stereocenters. The van der Waals surface area contributed by atoms with Crippen molar-refractivity contribution >= 4 is 5.97 Å². The zero-order valence-electron chi connectivity index (χ0n) is 7.15. The second kappa shape index (κ2) is 4.20. The van der Waals surface area contributed by atoms with E-state index in [1.54, 1.807) is 0 Å². The number of carboxylic acids is 1. The van der Waals surface area contributed by atoms with Gasteiger partial charge in [-0.25, -0.2) is 4.79 Å². The minimum Gasteiger partial charge on any atom is -0.479 e. The van der Waals surface area contributed by atoms with Crippen LogP contribution in [0.3, 0.4) is 0 Å². The van der Waals surface area contributed by atoms with Crippen molar-refractivity contribution in [2.75, 3.05) is 6.61 Å². The summed E-state index contributed by atoms with van der Waals surface area (Å²) in [6.07, 6.45) is -6.41. The molecular weight excluding hydrogens is 196 g/mol. The van der Waals surface area contributed by atoms with E-state index >= 15 is 0 Å². The molecule has 0 aliphatic carbocycles. The van der Waals surface area contributed by atoms with E-state index < -0.39 is 43.1 Å². The molecule has 82 valence electrons. The summed E-state index contributed by atoms with van der Waals surface area (Å²) >= 11 is 0. The predicted octanol–water partition coefficient (Wildman–Crippen LogP) is -2.88. The van der Waals surface area contributed by atoms with Gasteiger partial charge in [0, 0.05) is 5.92 Å². The summed E-state index contributed by atoms with van der Waals surface area (Å²) in [5.41, 5.74) is 0. The lowest BCUT2D eigenvalue weighted by Crippen LogP contribution is -2.57. The van der Waals surface area contributed by atoms with Crippen LogP contribution in [0, 0.1) is 5.92 Å². The average Bonchev–Trinajstić information content (AvgIpc) is 2.13. The molecule has 0 aromatic carbocycles. The smallest absolute Gasteiger partial charge is 0.333 e. The van der Waals surface area contributed by atoms with Gasteiger partial charge in [0.25, 0.3) is 0 Å². The molecule has 7 heteroatoms. The predicted molar refractivity (Wildman–Crippen MR) is 41.1 cm³/mol. The Kier molecular flexibility index (Phi) is 3.40. The van der Waals surface area contributed by atoms with E-state index in [9.17, 15) is 9.90 Å². The zero-order valence-corrected chi connectivity index (χ0v) is 7.15. The van der Waals surface area contributed by atoms with E-state index in [-0.39, 0.29) is 0 Å². The van der Waals surface area contributed by atoms with Crippen LogP contribution in [0.1, 0.15) is 0 Å². The lowest BCUT2D eigenvalue weighted by Gasteiger charge is -2.38. The minimum absolute atomic E-state index is 0.651. The summed E-state index contributed by atoms with van der Waals surface area (Å²) in [5.74, 6) is -2.56. The third-order valence-electron chi connectivity index (χ3n) is 2.21. The maximum absolute atomic E-state index is 10.6. The molecule has 5 N–H and O–H groups in total. The van der Waals surface area contributed by atoms with E-state index in [2.05, 4.69) is 4.74 Å². The molecule has 0 radical (unpaired) electrons. The number of aliphatic carboxylic acids is 1. The van der Waals surface area contributed by atoms with Gasteiger partial charge in [0.15, 0.2) is 12.4 Å². The molecule has 1 aliphatic heterocycles. The van der Waals surface area contributed by atoms with Crippen molar-refractivity contribution in [3.63, 3.8) is 0 Å². The highest BCUT2D eigenvalue weighted by Crippen LogP contribution is 2.24. The van der Waals surface area contributed by atoms with Gasteiger partial charge in [-0.3, -0.25) is 0 Å². The highest BCUT2D eigenvalue weighted by Gasteiger charge is 2.46. The number of hydrogen-bond acceptors (Lipinski definition) is 6. The Balaban J connectivity index is 2.82. The van der Waals surface area contributed by atoms with E-state index in [0.29, 0.717) is 0 Å². The fourth-order valence-corrected chi connectivity index (χ4v) is 1.38. The topological polar surface area (TPSA) is 127 Å². The Morgan fingerprint density at radius 2 is 1.79 bits per heavy atom. The standard InChI is InChI=1S/C7H12O7/c8-1-2-3(9)4(10)7(13)14-5(2)6(11)12/h2-5,7-10,13H,1H2,(H,11,12). The Hall–Kier alpha value is -0.730. The summed E-state index contributed by atoms with van der Waals surface area (Å²) in [5, 5.41) is 44.8. The fourth-order valence-electron chi connectivity index (χ4n) is 1.38. The number of hydrogen-bond donors (Lipinski definition) is 5. The number of carbonyl (C=O) groups is 1. The van der Waals surface area contributed by atoms with Gasteiger partial charge in [0.1, 0.15) is 6.10 Å². The number of rotatable bonds is 2. The van der Waals surface area contributed by atoms with Gasteiger partial charge in [-0.05, 0) is 0 Å². The maximum Gasteiger partial charge on any atom is 0.333 e. The summed E-state index contributed by atoms with van der Waals surface area (Å²) in [4.78, 5) is 10.6. The van der Waals surface area contributed by atoms with Gasteiger partial charge >= 0.3 is 5.97 Å². The molecule has 5 unspecified atom stereocenters. The molecule has 1 rings (SSSR count). The van der Waals surface area contributed by atoms with E-state index in [1.165, 1.54) is 0 Å². The van der Waals surface area contributed by atoms with Gasteiger partial charge in [0.05, 0.1) is 12.7 Å². The third kappa shape index (κ3) is 1.86. The van der Waals surface area contributed by atoms with Gasteiger partial charge in [-0.1, -0.05) is 0 Å². The average molecular weight is 208 g/mol. The Morgan fingerprint density at radius 3 is 2.21 bits per heavy atom. The molecule has 0 spiro atoms. The van der Waals surface area contributed by atoms with Gasteiger partial charge < -0.3 is 30.3 Å². The van der Waals surface area contributed by atoms with Gasteiger partial charge in [-0.2, -0.15) is 0 Å². The number of aliphatic hydroxyl groups is 4. The first kappa shape index (κ1) is 11.3. The summed E-state index contributed by atoms with van der Waals surface area (Å²) in [6.45, 7) is -0.651. The molecule has 1 fully saturated rings. The first-order chi connectivity index (χ1) is 6.49.